The van der Waals surface area contributed by atoms with Crippen molar-refractivity contribution in [3.8, 4) is 11.3 Å². The smallest absolute Gasteiger partial charge is 0.407 e. The average molecular weight is 857 g/mol. The molecular weight excluding hydrogens is 797 g/mol. The molecule has 1 fully saturated rings. The van der Waals surface area contributed by atoms with Gasteiger partial charge in [0, 0.05) is 50.4 Å². The predicted octanol–water partition coefficient (Wildman–Crippen LogP) is 5.40. The molecule has 1 aliphatic heterocycles. The lowest BCUT2D eigenvalue weighted by atomic mass is 9.84. The number of ether oxygens (including phenoxy) is 2. The van der Waals surface area contributed by atoms with Gasteiger partial charge in [0.05, 0.1) is 43.8 Å². The van der Waals surface area contributed by atoms with E-state index in [1.54, 1.807) is 28.1 Å². The van der Waals surface area contributed by atoms with Gasteiger partial charge >= 0.3 is 12.1 Å². The van der Waals surface area contributed by atoms with Gasteiger partial charge in [0.1, 0.15) is 17.1 Å². The Labute approximate surface area is 362 Å². The van der Waals surface area contributed by atoms with Crippen LogP contribution in [0.3, 0.4) is 0 Å². The van der Waals surface area contributed by atoms with Crippen LogP contribution in [0.4, 0.5) is 9.59 Å². The third kappa shape index (κ3) is 13.0. The van der Waals surface area contributed by atoms with Crippen molar-refractivity contribution in [2.45, 2.75) is 91.9 Å². The van der Waals surface area contributed by atoms with Crippen LogP contribution in [-0.4, -0.2) is 112 Å². The first-order valence-electron chi connectivity index (χ1n) is 20.4. The lowest BCUT2D eigenvalue weighted by molar-refractivity contribution is -0.133. The van der Waals surface area contributed by atoms with Crippen molar-refractivity contribution < 1.29 is 33.8 Å². The Hall–Kier alpha value is -5.42. The average Bonchev–Trinajstić information content (AvgIpc) is 3.81. The van der Waals surface area contributed by atoms with Gasteiger partial charge < -0.3 is 35.0 Å². The second kappa shape index (κ2) is 20.9. The summed E-state index contributed by atoms with van der Waals surface area (Å²) < 4.78 is 10.0. The number of amides is 5. The predicted molar refractivity (Wildman–Crippen MR) is 234 cm³/mol. The van der Waals surface area contributed by atoms with E-state index in [2.05, 4.69) is 26.0 Å². The number of carbonyl (C=O) groups excluding carboxylic acids is 4. The Balaban J connectivity index is 1.41. The van der Waals surface area contributed by atoms with Crippen molar-refractivity contribution in [2.75, 3.05) is 33.9 Å². The van der Waals surface area contributed by atoms with Crippen molar-refractivity contribution >= 4 is 35.3 Å². The Morgan fingerprint density at radius 3 is 2.21 bits per heavy atom. The van der Waals surface area contributed by atoms with Crippen LogP contribution in [-0.2, 0) is 45.2 Å². The third-order valence-corrected chi connectivity index (χ3v) is 11.2. The van der Waals surface area contributed by atoms with E-state index in [-0.39, 0.29) is 25.5 Å². The number of urea groups is 1. The van der Waals surface area contributed by atoms with E-state index in [4.69, 9.17) is 9.47 Å². The fraction of sp³-hybridized carbons (Fsp3) is 0.467. The maximum Gasteiger partial charge on any atom is 0.407 e. The molecule has 0 spiro atoms. The number of methoxy groups -OCH3 is 2. The van der Waals surface area contributed by atoms with Gasteiger partial charge in [0.25, 0.3) is 5.91 Å². The SMILES string of the molecule is COCc1nc(CN2CCN(C(C(=O)NC(Cc3ccccc3)C(O)CN(Cc3ccc(-c4ccccn4)cc3)NC(=O)C(NC(=O)OC)C(C)(C)C)C(C)(C)C)C2=O)cs1. The fourth-order valence-corrected chi connectivity index (χ4v) is 8.07. The van der Waals surface area contributed by atoms with E-state index in [9.17, 15) is 24.3 Å². The first-order valence-corrected chi connectivity index (χ1v) is 21.2. The zero-order chi connectivity index (χ0) is 44.3. The molecule has 5 amide bonds. The summed E-state index contributed by atoms with van der Waals surface area (Å²) in [6.45, 7) is 12.7. The molecule has 15 nitrogen and oxygen atoms in total. The first-order chi connectivity index (χ1) is 29.0. The number of hydrogen-bond donors (Lipinski definition) is 4. The summed E-state index contributed by atoms with van der Waals surface area (Å²) in [4.78, 5) is 67.3. The van der Waals surface area contributed by atoms with Gasteiger partial charge in [-0.2, -0.15) is 0 Å². The van der Waals surface area contributed by atoms with Crippen LogP contribution in [0, 0.1) is 10.8 Å². The van der Waals surface area contributed by atoms with Gasteiger partial charge in [0.2, 0.25) is 5.91 Å². The minimum Gasteiger partial charge on any atom is -0.453 e. The molecule has 0 radical (unpaired) electrons. The van der Waals surface area contributed by atoms with Crippen LogP contribution in [0.15, 0.2) is 84.4 Å². The normalized spacial score (nSPS) is 15.3. The minimum absolute atomic E-state index is 0.115. The molecule has 1 aliphatic rings. The lowest BCUT2D eigenvalue weighted by Crippen LogP contribution is -2.61. The van der Waals surface area contributed by atoms with Crippen LogP contribution in [0.2, 0.25) is 0 Å². The number of nitrogens with zero attached hydrogens (tertiary/aromatic N) is 5. The number of benzene rings is 2. The molecule has 3 heterocycles. The molecule has 4 N–H and O–H groups in total. The highest BCUT2D eigenvalue weighted by molar-refractivity contribution is 7.09. The second-order valence-corrected chi connectivity index (χ2v) is 18.3. The lowest BCUT2D eigenvalue weighted by Gasteiger charge is -2.38. The number of aromatic nitrogens is 2. The number of hydrazine groups is 1. The molecule has 0 saturated carbocycles. The molecule has 4 atom stereocenters. The summed E-state index contributed by atoms with van der Waals surface area (Å²) in [5, 5.41) is 22.3. The molecule has 16 heteroatoms. The number of hydrogen-bond acceptors (Lipinski definition) is 11. The molecule has 328 valence electrons. The van der Waals surface area contributed by atoms with Crippen LogP contribution in [0.25, 0.3) is 11.3 Å². The molecule has 2 aromatic carbocycles. The fourth-order valence-electron chi connectivity index (χ4n) is 7.32. The van der Waals surface area contributed by atoms with Crippen molar-refractivity contribution in [1.82, 2.24) is 40.8 Å². The standard InChI is InChI=1S/C45H60N8O7S/c1-44(2,3)38(49-42(57)60-8)40(55)50-52(25-31-17-19-32(20-18-31)34-16-12-13-21-46-34)27-36(54)35(24-30-14-10-9-11-15-30)48-41(56)39(45(4,5)6)53-23-22-51(43(53)58)26-33-29-61-37(47-33)28-59-7/h9-21,29,35-36,38-39,54H,22-28H2,1-8H3,(H,48,56)(H,49,57)(H,50,55). The van der Waals surface area contributed by atoms with Crippen molar-refractivity contribution in [1.29, 1.82) is 0 Å². The molecule has 1 saturated heterocycles. The van der Waals surface area contributed by atoms with Crippen LogP contribution >= 0.6 is 11.3 Å². The largest absolute Gasteiger partial charge is 0.453 e. The number of alkyl carbamates (subject to hydrolysis) is 1. The van der Waals surface area contributed by atoms with Crippen molar-refractivity contribution in [2.24, 2.45) is 10.8 Å². The highest BCUT2D eigenvalue weighted by atomic mass is 32.1. The Morgan fingerprint density at radius 2 is 1.59 bits per heavy atom. The topological polar surface area (TPSA) is 179 Å². The maximum absolute atomic E-state index is 14.6. The van der Waals surface area contributed by atoms with E-state index in [1.165, 1.54) is 18.4 Å². The maximum atomic E-state index is 14.6. The highest BCUT2D eigenvalue weighted by Gasteiger charge is 2.44. The molecule has 0 aliphatic carbocycles. The first kappa shape index (κ1) is 46.6. The summed E-state index contributed by atoms with van der Waals surface area (Å²) >= 11 is 1.47. The van der Waals surface area contributed by atoms with Gasteiger partial charge in [-0.05, 0) is 40.5 Å². The van der Waals surface area contributed by atoms with Crippen molar-refractivity contribution in [3.63, 3.8) is 0 Å². The van der Waals surface area contributed by atoms with E-state index in [0.29, 0.717) is 26.2 Å². The van der Waals surface area contributed by atoms with Crippen LogP contribution in [0.5, 0.6) is 0 Å². The number of aliphatic hydroxyl groups is 1. The highest BCUT2D eigenvalue weighted by Crippen LogP contribution is 2.29. The quantitative estimate of drug-likeness (QED) is 0.0949. The van der Waals surface area contributed by atoms with E-state index >= 15 is 0 Å². The van der Waals surface area contributed by atoms with E-state index < -0.39 is 53.0 Å². The minimum atomic E-state index is -1.23. The van der Waals surface area contributed by atoms with Gasteiger partial charge in [-0.3, -0.25) is 20.0 Å². The number of thiazole rings is 1. The zero-order valence-electron chi connectivity index (χ0n) is 36.4. The summed E-state index contributed by atoms with van der Waals surface area (Å²) in [6.07, 6.45) is -0.000650. The summed E-state index contributed by atoms with van der Waals surface area (Å²) in [5.74, 6) is -0.925. The van der Waals surface area contributed by atoms with Crippen LogP contribution in [0.1, 0.15) is 63.4 Å². The Kier molecular flexibility index (Phi) is 16.0. The van der Waals surface area contributed by atoms with Gasteiger partial charge in [-0.1, -0.05) is 102 Å². The second-order valence-electron chi connectivity index (χ2n) is 17.4. The molecule has 4 unspecified atom stereocenters. The van der Waals surface area contributed by atoms with Crippen LogP contribution < -0.4 is 16.1 Å². The molecular formula is C45H60N8O7S. The summed E-state index contributed by atoms with van der Waals surface area (Å²) in [6, 6.07) is 19.9. The van der Waals surface area contributed by atoms with E-state index in [1.807, 2.05) is 120 Å². The molecule has 0 bridgehead atoms. The monoisotopic (exact) mass is 856 g/mol. The summed E-state index contributed by atoms with van der Waals surface area (Å²) in [5.41, 5.74) is 5.72. The number of pyridine rings is 1. The molecule has 4 aromatic rings. The van der Waals surface area contributed by atoms with E-state index in [0.717, 1.165) is 33.1 Å². The number of rotatable bonds is 18. The number of aliphatic hydroxyl groups excluding tert-OH is 1. The van der Waals surface area contributed by atoms with Gasteiger partial charge in [-0.15, -0.1) is 11.3 Å². The number of nitrogens with one attached hydrogen (secondary N) is 3. The number of carbonyl (C=O) groups is 4. The molecule has 5 rings (SSSR count). The van der Waals surface area contributed by atoms with Crippen molar-refractivity contribution in [3.05, 3.63) is 106 Å². The Morgan fingerprint density at radius 1 is 0.885 bits per heavy atom. The molecule has 61 heavy (non-hydrogen) atoms. The Bertz CT molecular complexity index is 2050. The zero-order valence-corrected chi connectivity index (χ0v) is 37.2. The molecule has 2 aromatic heterocycles. The summed E-state index contributed by atoms with van der Waals surface area (Å²) in [7, 11) is 2.84. The van der Waals surface area contributed by atoms with Gasteiger partial charge in [0.15, 0.2) is 0 Å². The van der Waals surface area contributed by atoms with Gasteiger partial charge in [-0.25, -0.2) is 19.6 Å². The third-order valence-electron chi connectivity index (χ3n) is 10.4.